The van der Waals surface area contributed by atoms with Crippen LogP contribution in [0.2, 0.25) is 0 Å². The second-order valence-corrected chi connectivity index (χ2v) is 5.95. The highest BCUT2D eigenvalue weighted by Crippen LogP contribution is 2.35. The van der Waals surface area contributed by atoms with Crippen LogP contribution < -0.4 is 0 Å². The average molecular weight is 261 g/mol. The lowest BCUT2D eigenvalue weighted by molar-refractivity contribution is -0.138. The Hall–Kier alpha value is -2.00. The van der Waals surface area contributed by atoms with E-state index < -0.39 is 10.7 Å². The van der Waals surface area contributed by atoms with Gasteiger partial charge in [-0.05, 0) is 19.9 Å². The molecule has 2 aromatic heterocycles. The lowest BCUT2D eigenvalue weighted by Gasteiger charge is -2.18. The summed E-state index contributed by atoms with van der Waals surface area (Å²) in [5, 5.41) is 18.1. The fraction of sp³-hybridized carbons (Fsp3) is 0.250. The van der Waals surface area contributed by atoms with Gasteiger partial charge in [0.15, 0.2) is 5.65 Å². The second-order valence-electron chi connectivity index (χ2n) is 4.28. The monoisotopic (exact) mass is 261 g/mol. The number of carboxylic acid groups (broad SMARTS) is 1. The number of nitriles is 1. The van der Waals surface area contributed by atoms with Gasteiger partial charge in [0.25, 0.3) is 0 Å². The number of imidazole rings is 1. The molecular weight excluding hydrogens is 250 g/mol. The highest BCUT2D eigenvalue weighted by atomic mass is 32.2. The molecule has 1 N–H and O–H groups in total. The number of fused-ring (bicyclic) bond motifs is 1. The fourth-order valence-corrected chi connectivity index (χ4v) is 2.53. The lowest BCUT2D eigenvalue weighted by atomic mass is 10.2. The van der Waals surface area contributed by atoms with Gasteiger partial charge in [-0.3, -0.25) is 4.79 Å². The van der Waals surface area contributed by atoms with Gasteiger partial charge in [-0.25, -0.2) is 4.98 Å². The Bertz CT molecular complexity index is 655. The average Bonchev–Trinajstić information content (AvgIpc) is 2.76. The molecule has 92 valence electrons. The molecule has 2 heterocycles. The van der Waals surface area contributed by atoms with Gasteiger partial charge in [0, 0.05) is 18.6 Å². The molecular formula is C12H11N3O2S. The minimum atomic E-state index is -0.972. The smallest absolute Gasteiger partial charge is 0.319 e. The Labute approximate surface area is 108 Å². The molecule has 2 rings (SSSR count). The summed E-state index contributed by atoms with van der Waals surface area (Å²) in [5.41, 5.74) is 1.14. The number of hydrogen-bond donors (Lipinski definition) is 1. The first-order chi connectivity index (χ1) is 8.44. The van der Waals surface area contributed by atoms with Gasteiger partial charge in [-0.15, -0.1) is 11.8 Å². The topological polar surface area (TPSA) is 78.4 Å². The predicted octanol–water partition coefficient (Wildman–Crippen LogP) is 2.16. The molecule has 0 aliphatic carbocycles. The zero-order valence-corrected chi connectivity index (χ0v) is 10.7. The maximum absolute atomic E-state index is 11.1. The molecule has 0 saturated carbocycles. The lowest BCUT2D eigenvalue weighted by Crippen LogP contribution is -2.27. The number of carbonyl (C=O) groups is 1. The summed E-state index contributed by atoms with van der Waals surface area (Å²) >= 11 is 1.18. The molecule has 0 aliphatic rings. The molecule has 0 unspecified atom stereocenters. The van der Waals surface area contributed by atoms with Crippen LogP contribution in [-0.2, 0) is 4.79 Å². The normalized spacial score (nSPS) is 11.4. The Morgan fingerprint density at radius 1 is 1.61 bits per heavy atom. The van der Waals surface area contributed by atoms with Crippen molar-refractivity contribution in [3.05, 3.63) is 30.2 Å². The van der Waals surface area contributed by atoms with Crippen molar-refractivity contribution in [1.82, 2.24) is 9.38 Å². The van der Waals surface area contributed by atoms with E-state index in [4.69, 9.17) is 10.4 Å². The molecule has 0 radical (unpaired) electrons. The van der Waals surface area contributed by atoms with Crippen LogP contribution in [0.4, 0.5) is 0 Å². The Morgan fingerprint density at radius 3 is 2.94 bits per heavy atom. The minimum Gasteiger partial charge on any atom is -0.480 e. The van der Waals surface area contributed by atoms with Crippen molar-refractivity contribution in [3.63, 3.8) is 0 Å². The summed E-state index contributed by atoms with van der Waals surface area (Å²) in [7, 11) is 0. The van der Waals surface area contributed by atoms with Crippen LogP contribution in [0, 0.1) is 11.3 Å². The Morgan fingerprint density at radius 2 is 2.33 bits per heavy atom. The number of aliphatic carboxylic acids is 1. The van der Waals surface area contributed by atoms with Gasteiger partial charge in [0.1, 0.15) is 10.8 Å². The van der Waals surface area contributed by atoms with Crippen LogP contribution in [0.5, 0.6) is 0 Å². The van der Waals surface area contributed by atoms with Crippen molar-refractivity contribution in [2.24, 2.45) is 0 Å². The van der Waals surface area contributed by atoms with E-state index in [1.54, 1.807) is 42.9 Å². The van der Waals surface area contributed by atoms with Gasteiger partial charge in [0.05, 0.1) is 10.5 Å². The van der Waals surface area contributed by atoms with Crippen molar-refractivity contribution in [2.45, 2.75) is 23.5 Å². The number of thioether (sulfide) groups is 1. The molecule has 18 heavy (non-hydrogen) atoms. The molecule has 2 aromatic rings. The van der Waals surface area contributed by atoms with Crippen molar-refractivity contribution in [3.8, 4) is 6.07 Å². The van der Waals surface area contributed by atoms with E-state index in [1.165, 1.54) is 11.8 Å². The standard InChI is InChI=1S/C12H11N3O2S/c1-12(2,11(16)17)18-9-5-8(6-13)7-15-4-3-14-10(9)15/h3-5,7H,1-2H3,(H,16,17). The van der Waals surface area contributed by atoms with Crippen LogP contribution in [0.15, 0.2) is 29.6 Å². The van der Waals surface area contributed by atoms with Gasteiger partial charge >= 0.3 is 5.97 Å². The van der Waals surface area contributed by atoms with Gasteiger partial charge in [-0.1, -0.05) is 0 Å². The maximum atomic E-state index is 11.1. The molecule has 5 nitrogen and oxygen atoms in total. The summed E-state index contributed by atoms with van der Waals surface area (Å²) in [5.74, 6) is -0.903. The summed E-state index contributed by atoms with van der Waals surface area (Å²) in [6.45, 7) is 3.25. The maximum Gasteiger partial charge on any atom is 0.319 e. The number of carboxylic acids is 1. The van der Waals surface area contributed by atoms with Crippen molar-refractivity contribution >= 4 is 23.4 Å². The quantitative estimate of drug-likeness (QED) is 0.856. The van der Waals surface area contributed by atoms with E-state index in [0.29, 0.717) is 16.1 Å². The number of rotatable bonds is 3. The van der Waals surface area contributed by atoms with E-state index in [1.807, 2.05) is 0 Å². The third-order valence-electron chi connectivity index (χ3n) is 2.46. The molecule has 0 atom stereocenters. The molecule has 0 fully saturated rings. The zero-order chi connectivity index (χ0) is 13.3. The highest BCUT2D eigenvalue weighted by molar-refractivity contribution is 8.01. The summed E-state index contributed by atoms with van der Waals surface area (Å²) in [6.07, 6.45) is 5.02. The third-order valence-corrected chi connectivity index (χ3v) is 3.67. The van der Waals surface area contributed by atoms with E-state index in [2.05, 4.69) is 11.1 Å². The molecule has 0 aromatic carbocycles. The highest BCUT2D eigenvalue weighted by Gasteiger charge is 2.29. The van der Waals surface area contributed by atoms with Gasteiger partial charge in [-0.2, -0.15) is 5.26 Å². The first-order valence-corrected chi connectivity index (χ1v) is 6.05. The number of hydrogen-bond acceptors (Lipinski definition) is 4. The van der Waals surface area contributed by atoms with E-state index in [0.717, 1.165) is 0 Å². The summed E-state index contributed by atoms with van der Waals surface area (Å²) in [4.78, 5) is 16.0. The molecule has 0 spiro atoms. The second kappa shape index (κ2) is 4.35. The van der Waals surface area contributed by atoms with E-state index >= 15 is 0 Å². The number of aromatic nitrogens is 2. The predicted molar refractivity (Wildman–Crippen MR) is 67.5 cm³/mol. The first-order valence-electron chi connectivity index (χ1n) is 5.23. The Kier molecular flexibility index (Phi) is 3.01. The van der Waals surface area contributed by atoms with Crippen LogP contribution in [-0.4, -0.2) is 25.2 Å². The molecule has 0 saturated heterocycles. The number of pyridine rings is 1. The minimum absolute atomic E-state index is 0.476. The van der Waals surface area contributed by atoms with Crippen molar-refractivity contribution in [2.75, 3.05) is 0 Å². The fourth-order valence-electron chi connectivity index (χ4n) is 1.46. The van der Waals surface area contributed by atoms with Gasteiger partial charge < -0.3 is 9.51 Å². The summed E-state index contributed by atoms with van der Waals surface area (Å²) < 4.78 is 0.749. The molecule has 0 aliphatic heterocycles. The van der Waals surface area contributed by atoms with Crippen LogP contribution in [0.3, 0.4) is 0 Å². The van der Waals surface area contributed by atoms with Crippen molar-refractivity contribution in [1.29, 1.82) is 5.26 Å². The SMILES string of the molecule is CC(C)(Sc1cc(C#N)cn2ccnc12)C(=O)O. The third kappa shape index (κ3) is 2.17. The molecule has 6 heteroatoms. The Balaban J connectivity index is 2.53. The molecule has 0 amide bonds. The van der Waals surface area contributed by atoms with Crippen molar-refractivity contribution < 1.29 is 9.90 Å². The zero-order valence-electron chi connectivity index (χ0n) is 9.91. The molecule has 0 bridgehead atoms. The summed E-state index contributed by atoms with van der Waals surface area (Å²) in [6, 6.07) is 3.72. The van der Waals surface area contributed by atoms with Crippen LogP contribution in [0.1, 0.15) is 19.4 Å². The van der Waals surface area contributed by atoms with Crippen LogP contribution >= 0.6 is 11.8 Å². The first kappa shape index (κ1) is 12.5. The largest absolute Gasteiger partial charge is 0.480 e. The van der Waals surface area contributed by atoms with E-state index in [-0.39, 0.29) is 0 Å². The van der Waals surface area contributed by atoms with Gasteiger partial charge in [0.2, 0.25) is 0 Å². The van der Waals surface area contributed by atoms with Crippen LogP contribution in [0.25, 0.3) is 5.65 Å². The number of nitrogens with zero attached hydrogens (tertiary/aromatic N) is 3. The van der Waals surface area contributed by atoms with E-state index in [9.17, 15) is 4.79 Å².